The number of hydrogen-bond acceptors (Lipinski definition) is 4. The van der Waals surface area contributed by atoms with Gasteiger partial charge in [-0.15, -0.1) is 0 Å². The second-order valence-corrected chi connectivity index (χ2v) is 5.81. The first-order valence-electron chi connectivity index (χ1n) is 5.25. The SMILES string of the molecule is Cc1ccccc1S(=O)(=O)c1ccc(O)cc1O. The fraction of sp³-hybridized carbons (Fsp3) is 0.0769. The van der Waals surface area contributed by atoms with Crippen LogP contribution in [-0.2, 0) is 9.84 Å². The van der Waals surface area contributed by atoms with Crippen molar-refractivity contribution in [3.8, 4) is 11.5 Å². The monoisotopic (exact) mass is 264 g/mol. The Morgan fingerprint density at radius 2 is 1.61 bits per heavy atom. The van der Waals surface area contributed by atoms with E-state index in [4.69, 9.17) is 0 Å². The summed E-state index contributed by atoms with van der Waals surface area (Å²) in [7, 11) is -3.78. The van der Waals surface area contributed by atoms with Gasteiger partial charge in [-0.1, -0.05) is 18.2 Å². The van der Waals surface area contributed by atoms with Crippen molar-refractivity contribution in [2.75, 3.05) is 0 Å². The van der Waals surface area contributed by atoms with Crippen LogP contribution < -0.4 is 0 Å². The molecule has 2 aromatic rings. The molecule has 0 unspecified atom stereocenters. The number of aryl methyl sites for hydroxylation is 1. The minimum absolute atomic E-state index is 0.144. The molecule has 0 saturated heterocycles. The lowest BCUT2D eigenvalue weighted by Gasteiger charge is -2.09. The summed E-state index contributed by atoms with van der Waals surface area (Å²) < 4.78 is 24.7. The topological polar surface area (TPSA) is 74.6 Å². The highest BCUT2D eigenvalue weighted by Crippen LogP contribution is 2.32. The van der Waals surface area contributed by atoms with Crippen molar-refractivity contribution in [1.29, 1.82) is 0 Å². The van der Waals surface area contributed by atoms with E-state index in [0.717, 1.165) is 6.07 Å². The van der Waals surface area contributed by atoms with Crippen LogP contribution in [0.4, 0.5) is 0 Å². The summed E-state index contributed by atoms with van der Waals surface area (Å²) >= 11 is 0. The third-order valence-corrected chi connectivity index (χ3v) is 4.58. The Kier molecular flexibility index (Phi) is 3.00. The maximum absolute atomic E-state index is 12.3. The molecule has 0 aliphatic carbocycles. The highest BCUT2D eigenvalue weighted by molar-refractivity contribution is 7.91. The Morgan fingerprint density at radius 1 is 0.944 bits per heavy atom. The largest absolute Gasteiger partial charge is 0.508 e. The molecule has 18 heavy (non-hydrogen) atoms. The number of benzene rings is 2. The lowest BCUT2D eigenvalue weighted by atomic mass is 10.2. The van der Waals surface area contributed by atoms with Gasteiger partial charge in [-0.3, -0.25) is 0 Å². The summed E-state index contributed by atoms with van der Waals surface area (Å²) in [6.07, 6.45) is 0. The molecule has 0 bridgehead atoms. The Balaban J connectivity index is 2.66. The van der Waals surface area contributed by atoms with Crippen molar-refractivity contribution in [3.05, 3.63) is 48.0 Å². The number of sulfone groups is 1. The van der Waals surface area contributed by atoms with Crippen LogP contribution in [0.15, 0.2) is 52.3 Å². The third kappa shape index (κ3) is 2.04. The lowest BCUT2D eigenvalue weighted by Crippen LogP contribution is -2.04. The standard InChI is InChI=1S/C13H12O4S/c1-9-4-2-3-5-12(9)18(16,17)13-7-6-10(14)8-11(13)15/h2-8,14-15H,1H3. The van der Waals surface area contributed by atoms with Gasteiger partial charge in [0.2, 0.25) is 9.84 Å². The predicted octanol–water partition coefficient (Wildman–Crippen LogP) is 2.24. The van der Waals surface area contributed by atoms with Crippen LogP contribution in [0.25, 0.3) is 0 Å². The van der Waals surface area contributed by atoms with Gasteiger partial charge < -0.3 is 10.2 Å². The van der Waals surface area contributed by atoms with E-state index in [2.05, 4.69) is 0 Å². The first kappa shape index (κ1) is 12.4. The zero-order chi connectivity index (χ0) is 13.3. The Hall–Kier alpha value is -2.01. The van der Waals surface area contributed by atoms with Crippen molar-refractivity contribution in [2.24, 2.45) is 0 Å². The molecule has 0 aliphatic heterocycles. The molecule has 0 spiro atoms. The predicted molar refractivity (Wildman–Crippen MR) is 66.4 cm³/mol. The van der Waals surface area contributed by atoms with Crippen LogP contribution in [0.3, 0.4) is 0 Å². The highest BCUT2D eigenvalue weighted by Gasteiger charge is 2.23. The van der Waals surface area contributed by atoms with Gasteiger partial charge >= 0.3 is 0 Å². The van der Waals surface area contributed by atoms with Crippen molar-refractivity contribution in [3.63, 3.8) is 0 Å². The van der Waals surface area contributed by atoms with E-state index in [9.17, 15) is 18.6 Å². The third-order valence-electron chi connectivity index (χ3n) is 2.62. The molecule has 0 aliphatic rings. The van der Waals surface area contributed by atoms with Gasteiger partial charge in [0.1, 0.15) is 16.4 Å². The fourth-order valence-electron chi connectivity index (χ4n) is 1.71. The second kappa shape index (κ2) is 4.34. The van der Waals surface area contributed by atoms with Gasteiger partial charge in [-0.05, 0) is 30.7 Å². The minimum Gasteiger partial charge on any atom is -0.508 e. The van der Waals surface area contributed by atoms with E-state index >= 15 is 0 Å². The van der Waals surface area contributed by atoms with Gasteiger partial charge in [0.15, 0.2) is 0 Å². The van der Waals surface area contributed by atoms with Crippen LogP contribution in [0.1, 0.15) is 5.56 Å². The molecule has 0 amide bonds. The summed E-state index contributed by atoms with van der Waals surface area (Å²) in [6, 6.07) is 9.95. The molecule has 0 atom stereocenters. The van der Waals surface area contributed by atoms with Crippen molar-refractivity contribution >= 4 is 9.84 Å². The van der Waals surface area contributed by atoms with Crippen LogP contribution in [0.5, 0.6) is 11.5 Å². The van der Waals surface area contributed by atoms with Crippen LogP contribution >= 0.6 is 0 Å². The Bertz CT molecular complexity index is 690. The minimum atomic E-state index is -3.78. The molecular formula is C13H12O4S. The number of hydrogen-bond donors (Lipinski definition) is 2. The summed E-state index contributed by atoms with van der Waals surface area (Å²) in [5.41, 5.74) is 0.602. The molecule has 5 heteroatoms. The molecule has 0 fully saturated rings. The average molecular weight is 264 g/mol. The molecular weight excluding hydrogens is 252 g/mol. The molecule has 2 N–H and O–H groups in total. The highest BCUT2D eigenvalue weighted by atomic mass is 32.2. The van der Waals surface area contributed by atoms with Gasteiger partial charge in [0.05, 0.1) is 4.90 Å². The first-order valence-corrected chi connectivity index (χ1v) is 6.74. The fourth-order valence-corrected chi connectivity index (χ4v) is 3.28. The Morgan fingerprint density at radius 3 is 2.22 bits per heavy atom. The maximum atomic E-state index is 12.3. The quantitative estimate of drug-likeness (QED) is 0.872. The van der Waals surface area contributed by atoms with E-state index < -0.39 is 15.6 Å². The number of phenols is 2. The van der Waals surface area contributed by atoms with Gasteiger partial charge in [-0.25, -0.2) is 8.42 Å². The van der Waals surface area contributed by atoms with Crippen molar-refractivity contribution < 1.29 is 18.6 Å². The maximum Gasteiger partial charge on any atom is 0.210 e. The molecule has 2 rings (SSSR count). The van der Waals surface area contributed by atoms with E-state index in [-0.39, 0.29) is 15.5 Å². The van der Waals surface area contributed by atoms with Crippen LogP contribution in [-0.4, -0.2) is 18.6 Å². The number of aromatic hydroxyl groups is 2. The smallest absolute Gasteiger partial charge is 0.210 e. The summed E-state index contributed by atoms with van der Waals surface area (Å²) in [5.74, 6) is -0.644. The van der Waals surface area contributed by atoms with Gasteiger partial charge in [-0.2, -0.15) is 0 Å². The number of phenolic OH excluding ortho intramolecular Hbond substituents is 2. The van der Waals surface area contributed by atoms with Crippen molar-refractivity contribution in [2.45, 2.75) is 16.7 Å². The van der Waals surface area contributed by atoms with Crippen LogP contribution in [0, 0.1) is 6.92 Å². The van der Waals surface area contributed by atoms with E-state index in [1.807, 2.05) is 0 Å². The molecule has 4 nitrogen and oxygen atoms in total. The molecule has 0 saturated carbocycles. The zero-order valence-electron chi connectivity index (χ0n) is 9.66. The molecule has 94 valence electrons. The molecule has 0 heterocycles. The second-order valence-electron chi connectivity index (χ2n) is 3.92. The summed E-state index contributed by atoms with van der Waals surface area (Å²) in [5, 5.41) is 18.8. The molecule has 0 aromatic heterocycles. The van der Waals surface area contributed by atoms with E-state index in [1.54, 1.807) is 25.1 Å². The normalized spacial score (nSPS) is 11.4. The molecule has 0 radical (unpaired) electrons. The Labute approximate surface area is 105 Å². The van der Waals surface area contributed by atoms with E-state index in [0.29, 0.717) is 5.56 Å². The van der Waals surface area contributed by atoms with Crippen LogP contribution in [0.2, 0.25) is 0 Å². The zero-order valence-corrected chi connectivity index (χ0v) is 10.5. The van der Waals surface area contributed by atoms with E-state index in [1.165, 1.54) is 18.2 Å². The first-order chi connectivity index (χ1) is 8.43. The average Bonchev–Trinajstić information content (AvgIpc) is 2.28. The van der Waals surface area contributed by atoms with Gasteiger partial charge in [0.25, 0.3) is 0 Å². The lowest BCUT2D eigenvalue weighted by molar-refractivity contribution is 0.439. The van der Waals surface area contributed by atoms with Crippen molar-refractivity contribution in [1.82, 2.24) is 0 Å². The summed E-state index contributed by atoms with van der Waals surface area (Å²) in [6.45, 7) is 1.68. The van der Waals surface area contributed by atoms with Gasteiger partial charge in [0, 0.05) is 6.07 Å². The molecule has 2 aromatic carbocycles. The number of rotatable bonds is 2. The summed E-state index contributed by atoms with van der Waals surface area (Å²) in [4.78, 5) is -0.0689.